The fourth-order valence-electron chi connectivity index (χ4n) is 2.10. The molecule has 0 aliphatic carbocycles. The summed E-state index contributed by atoms with van der Waals surface area (Å²) in [5.41, 5.74) is 2.39. The molecule has 0 saturated heterocycles. The number of halogens is 1. The third-order valence-corrected chi connectivity index (χ3v) is 4.39. The summed E-state index contributed by atoms with van der Waals surface area (Å²) >= 11 is 7.61. The molecule has 0 amide bonds. The highest BCUT2D eigenvalue weighted by Gasteiger charge is 2.12. The van der Waals surface area contributed by atoms with Crippen LogP contribution in [0.5, 0.6) is 0 Å². The van der Waals surface area contributed by atoms with E-state index in [2.05, 4.69) is 41.7 Å². The van der Waals surface area contributed by atoms with Crippen LogP contribution in [-0.2, 0) is 6.42 Å². The summed E-state index contributed by atoms with van der Waals surface area (Å²) < 4.78 is 0. The Hall–Kier alpha value is -0.900. The SMILES string of the molecule is Cc1csc(C(C)NC(C)Cc2ccc(Cl)cc2)n1. The lowest BCUT2D eigenvalue weighted by molar-refractivity contribution is 0.475. The fourth-order valence-corrected chi connectivity index (χ4v) is 3.04. The van der Waals surface area contributed by atoms with Crippen LogP contribution >= 0.6 is 22.9 Å². The monoisotopic (exact) mass is 294 g/mol. The van der Waals surface area contributed by atoms with Gasteiger partial charge in [0.05, 0.1) is 6.04 Å². The largest absolute Gasteiger partial charge is 0.305 e. The Morgan fingerprint density at radius 3 is 2.53 bits per heavy atom. The lowest BCUT2D eigenvalue weighted by Gasteiger charge is -2.18. The van der Waals surface area contributed by atoms with Crippen molar-refractivity contribution in [3.8, 4) is 0 Å². The van der Waals surface area contributed by atoms with Crippen LogP contribution in [0.25, 0.3) is 0 Å². The Balaban J connectivity index is 1.90. The second-order valence-electron chi connectivity index (χ2n) is 4.95. The molecule has 2 nitrogen and oxygen atoms in total. The molecule has 19 heavy (non-hydrogen) atoms. The normalized spacial score (nSPS) is 14.3. The van der Waals surface area contributed by atoms with Crippen LogP contribution in [-0.4, -0.2) is 11.0 Å². The average Bonchev–Trinajstić information content (AvgIpc) is 2.79. The molecule has 0 saturated carbocycles. The minimum Gasteiger partial charge on any atom is -0.305 e. The molecular formula is C15H19ClN2S. The van der Waals surface area contributed by atoms with Crippen LogP contribution in [0.15, 0.2) is 29.6 Å². The highest BCUT2D eigenvalue weighted by molar-refractivity contribution is 7.09. The molecule has 0 aliphatic rings. The van der Waals surface area contributed by atoms with Gasteiger partial charge >= 0.3 is 0 Å². The van der Waals surface area contributed by atoms with E-state index in [1.807, 2.05) is 19.1 Å². The first-order valence-electron chi connectivity index (χ1n) is 6.47. The standard InChI is InChI=1S/C15H19ClN2S/c1-10(8-13-4-6-14(16)7-5-13)17-12(3)15-18-11(2)9-19-15/h4-7,9-10,12,17H,8H2,1-3H3. The summed E-state index contributed by atoms with van der Waals surface area (Å²) in [7, 11) is 0. The van der Waals surface area contributed by atoms with Gasteiger partial charge in [0.1, 0.15) is 5.01 Å². The molecule has 0 radical (unpaired) electrons. The van der Waals surface area contributed by atoms with Gasteiger partial charge in [-0.25, -0.2) is 4.98 Å². The van der Waals surface area contributed by atoms with Gasteiger partial charge in [-0.1, -0.05) is 23.7 Å². The van der Waals surface area contributed by atoms with Crippen LogP contribution in [0.1, 0.15) is 36.2 Å². The van der Waals surface area contributed by atoms with Crippen molar-refractivity contribution < 1.29 is 0 Å². The summed E-state index contributed by atoms with van der Waals surface area (Å²) in [4.78, 5) is 4.52. The summed E-state index contributed by atoms with van der Waals surface area (Å²) in [6.07, 6.45) is 0.992. The molecule has 2 unspecified atom stereocenters. The molecule has 0 spiro atoms. The lowest BCUT2D eigenvalue weighted by atomic mass is 10.1. The quantitative estimate of drug-likeness (QED) is 0.885. The highest BCUT2D eigenvalue weighted by Crippen LogP contribution is 2.19. The molecule has 1 N–H and O–H groups in total. The van der Waals surface area contributed by atoms with E-state index in [9.17, 15) is 0 Å². The molecule has 102 valence electrons. The molecule has 4 heteroatoms. The van der Waals surface area contributed by atoms with Gasteiger partial charge in [0, 0.05) is 22.1 Å². The summed E-state index contributed by atoms with van der Waals surface area (Å²) in [6.45, 7) is 6.39. The van der Waals surface area contributed by atoms with Crippen LogP contribution < -0.4 is 5.32 Å². The smallest absolute Gasteiger partial charge is 0.110 e. The van der Waals surface area contributed by atoms with Crippen LogP contribution in [0.3, 0.4) is 0 Å². The van der Waals surface area contributed by atoms with E-state index in [-0.39, 0.29) is 0 Å². The summed E-state index contributed by atoms with van der Waals surface area (Å²) in [5, 5.41) is 7.62. The molecule has 2 atom stereocenters. The van der Waals surface area contributed by atoms with Crippen LogP contribution in [0.4, 0.5) is 0 Å². The van der Waals surface area contributed by atoms with Crippen molar-refractivity contribution in [1.82, 2.24) is 10.3 Å². The van der Waals surface area contributed by atoms with Crippen molar-refractivity contribution in [1.29, 1.82) is 0 Å². The molecule has 1 aromatic carbocycles. The second kappa shape index (κ2) is 6.51. The lowest BCUT2D eigenvalue weighted by Crippen LogP contribution is -2.30. The van der Waals surface area contributed by atoms with Crippen molar-refractivity contribution in [2.45, 2.75) is 39.3 Å². The van der Waals surface area contributed by atoms with Crippen molar-refractivity contribution in [2.75, 3.05) is 0 Å². The Labute approximate surface area is 123 Å². The van der Waals surface area contributed by atoms with Gasteiger partial charge in [0.25, 0.3) is 0 Å². The maximum Gasteiger partial charge on any atom is 0.110 e. The van der Waals surface area contributed by atoms with E-state index in [0.29, 0.717) is 12.1 Å². The van der Waals surface area contributed by atoms with Gasteiger partial charge in [-0.15, -0.1) is 11.3 Å². The first-order valence-corrected chi connectivity index (χ1v) is 7.73. The van der Waals surface area contributed by atoms with E-state index in [1.165, 1.54) is 5.56 Å². The number of hydrogen-bond acceptors (Lipinski definition) is 3. The number of aryl methyl sites for hydroxylation is 1. The summed E-state index contributed by atoms with van der Waals surface area (Å²) in [5.74, 6) is 0. The first kappa shape index (κ1) is 14.5. The molecule has 0 bridgehead atoms. The molecule has 1 aromatic heterocycles. The topological polar surface area (TPSA) is 24.9 Å². The van der Waals surface area contributed by atoms with Crippen LogP contribution in [0.2, 0.25) is 5.02 Å². The van der Waals surface area contributed by atoms with E-state index in [0.717, 1.165) is 22.1 Å². The number of thiazole rings is 1. The van der Waals surface area contributed by atoms with E-state index < -0.39 is 0 Å². The first-order chi connectivity index (χ1) is 9.04. The number of aromatic nitrogens is 1. The molecule has 2 rings (SSSR count). The Kier molecular flexibility index (Phi) is 4.97. The third kappa shape index (κ3) is 4.30. The number of rotatable bonds is 5. The predicted octanol–water partition coefficient (Wildman–Crippen LogP) is 4.39. The number of hydrogen-bond donors (Lipinski definition) is 1. The second-order valence-corrected chi connectivity index (χ2v) is 6.27. The van der Waals surface area contributed by atoms with Gasteiger partial charge in [0.2, 0.25) is 0 Å². The molecule has 0 aliphatic heterocycles. The number of nitrogens with zero attached hydrogens (tertiary/aromatic N) is 1. The zero-order valence-electron chi connectivity index (χ0n) is 11.5. The Bertz CT molecular complexity index is 521. The third-order valence-electron chi connectivity index (χ3n) is 3.00. The predicted molar refractivity (Wildman–Crippen MR) is 83.0 cm³/mol. The minimum absolute atomic E-state index is 0.293. The highest BCUT2D eigenvalue weighted by atomic mass is 35.5. The van der Waals surface area contributed by atoms with Gasteiger partial charge in [0.15, 0.2) is 0 Å². The average molecular weight is 295 g/mol. The van der Waals surface area contributed by atoms with Gasteiger partial charge < -0.3 is 5.32 Å². The van der Waals surface area contributed by atoms with E-state index in [4.69, 9.17) is 11.6 Å². The minimum atomic E-state index is 0.293. The zero-order valence-corrected chi connectivity index (χ0v) is 13.1. The molecule has 2 aromatic rings. The van der Waals surface area contributed by atoms with Crippen molar-refractivity contribution >= 4 is 22.9 Å². The van der Waals surface area contributed by atoms with Crippen LogP contribution in [0, 0.1) is 6.92 Å². The summed E-state index contributed by atoms with van der Waals surface area (Å²) in [6, 6.07) is 8.74. The van der Waals surface area contributed by atoms with E-state index >= 15 is 0 Å². The molecule has 0 fully saturated rings. The van der Waals surface area contributed by atoms with Gasteiger partial charge in [-0.2, -0.15) is 0 Å². The Morgan fingerprint density at radius 1 is 1.26 bits per heavy atom. The van der Waals surface area contributed by atoms with E-state index in [1.54, 1.807) is 11.3 Å². The zero-order chi connectivity index (χ0) is 13.8. The number of nitrogens with one attached hydrogen (secondary N) is 1. The molecule has 1 heterocycles. The maximum atomic E-state index is 5.89. The van der Waals surface area contributed by atoms with Gasteiger partial charge in [-0.3, -0.25) is 0 Å². The van der Waals surface area contributed by atoms with Gasteiger partial charge in [-0.05, 0) is 44.9 Å². The number of benzene rings is 1. The van der Waals surface area contributed by atoms with Crippen molar-refractivity contribution in [2.24, 2.45) is 0 Å². The maximum absolute atomic E-state index is 5.89. The molecular weight excluding hydrogens is 276 g/mol. The fraction of sp³-hybridized carbons (Fsp3) is 0.400. The van der Waals surface area contributed by atoms with Crippen molar-refractivity contribution in [3.63, 3.8) is 0 Å². The Morgan fingerprint density at radius 2 is 1.95 bits per heavy atom. The van der Waals surface area contributed by atoms with Crippen molar-refractivity contribution in [3.05, 3.63) is 50.9 Å².